The summed E-state index contributed by atoms with van der Waals surface area (Å²) in [6.07, 6.45) is -0.185. The molecule has 0 radical (unpaired) electrons. The molecule has 3 N–H and O–H groups in total. The van der Waals surface area contributed by atoms with Gasteiger partial charge >= 0.3 is 0 Å². The number of nitrogens with zero attached hydrogens (tertiary/aromatic N) is 2. The van der Waals surface area contributed by atoms with Crippen molar-refractivity contribution >= 4 is 23.1 Å². The number of hydrogen-bond donors (Lipinski definition) is 2. The topological polar surface area (TPSA) is 79.8 Å². The van der Waals surface area contributed by atoms with Crippen LogP contribution in [0.1, 0.15) is 25.8 Å². The lowest BCUT2D eigenvalue weighted by Gasteiger charge is -2.12. The van der Waals surface area contributed by atoms with Gasteiger partial charge in [0.1, 0.15) is 5.84 Å². The Bertz CT molecular complexity index is 534. The summed E-state index contributed by atoms with van der Waals surface area (Å²) in [5.41, 5.74) is 8.42. The fraction of sp³-hybridized carbons (Fsp3) is 0.308. The third kappa shape index (κ3) is 2.40. The largest absolute Gasteiger partial charge is 0.384 e. The van der Waals surface area contributed by atoms with Gasteiger partial charge in [0, 0.05) is 17.7 Å². The second kappa shape index (κ2) is 5.00. The molecule has 1 aromatic rings. The summed E-state index contributed by atoms with van der Waals surface area (Å²) in [4.78, 5) is 20.2. The minimum absolute atomic E-state index is 0.0966. The van der Waals surface area contributed by atoms with Gasteiger partial charge in [-0.15, -0.1) is 0 Å². The van der Waals surface area contributed by atoms with Crippen molar-refractivity contribution in [2.75, 3.05) is 0 Å². The first-order chi connectivity index (χ1) is 8.61. The maximum absolute atomic E-state index is 11.4. The molecular formula is C13H16N4O. The second-order valence-electron chi connectivity index (χ2n) is 4.09. The number of nitrogens with two attached hydrogens (primary N) is 1. The van der Waals surface area contributed by atoms with Crippen LogP contribution in [-0.2, 0) is 4.79 Å². The molecule has 94 valence electrons. The minimum atomic E-state index is -0.579. The third-order valence-electron chi connectivity index (χ3n) is 2.77. The number of amides is 1. The number of hydrogen-bond acceptors (Lipinski definition) is 4. The third-order valence-corrected chi connectivity index (χ3v) is 2.77. The van der Waals surface area contributed by atoms with Crippen molar-refractivity contribution in [1.82, 2.24) is 5.32 Å². The van der Waals surface area contributed by atoms with Crippen LogP contribution in [0.3, 0.4) is 0 Å². The van der Waals surface area contributed by atoms with Crippen LogP contribution in [0.5, 0.6) is 0 Å². The Morgan fingerprint density at radius 2 is 2.17 bits per heavy atom. The van der Waals surface area contributed by atoms with E-state index in [1.54, 1.807) is 6.92 Å². The molecule has 0 aliphatic carbocycles. The molecule has 5 nitrogen and oxygen atoms in total. The van der Waals surface area contributed by atoms with E-state index in [2.05, 4.69) is 15.3 Å². The molecule has 0 saturated carbocycles. The molecule has 5 heteroatoms. The van der Waals surface area contributed by atoms with Gasteiger partial charge in [0.25, 0.3) is 0 Å². The van der Waals surface area contributed by atoms with Crippen molar-refractivity contribution in [2.24, 2.45) is 15.7 Å². The van der Waals surface area contributed by atoms with E-state index in [0.29, 0.717) is 12.3 Å². The van der Waals surface area contributed by atoms with E-state index >= 15 is 0 Å². The maximum Gasteiger partial charge on any atom is 0.221 e. The highest BCUT2D eigenvalue weighted by molar-refractivity contribution is 6.07. The molecule has 0 saturated heterocycles. The zero-order valence-electron chi connectivity index (χ0n) is 10.5. The molecule has 1 aliphatic rings. The highest BCUT2D eigenvalue weighted by atomic mass is 16.1. The standard InChI is InChI=1S/C13H16N4O/c1-3-11(18)17-13-12(14)16-10-7-5-4-6-9(10)8(2)15-13/h4-7,13H,3H2,1-2H3,(H2,14,16)(H,17,18). The highest BCUT2D eigenvalue weighted by Crippen LogP contribution is 2.22. The van der Waals surface area contributed by atoms with Crippen LogP contribution >= 0.6 is 0 Å². The van der Waals surface area contributed by atoms with E-state index < -0.39 is 6.17 Å². The molecule has 1 amide bonds. The summed E-state index contributed by atoms with van der Waals surface area (Å²) in [5, 5.41) is 2.74. The first-order valence-electron chi connectivity index (χ1n) is 5.89. The van der Waals surface area contributed by atoms with Gasteiger partial charge in [-0.2, -0.15) is 0 Å². The number of carbonyl (C=O) groups excluding carboxylic acids is 1. The first-order valence-corrected chi connectivity index (χ1v) is 5.89. The first kappa shape index (κ1) is 12.3. The van der Waals surface area contributed by atoms with E-state index in [0.717, 1.165) is 17.0 Å². The zero-order valence-corrected chi connectivity index (χ0v) is 10.5. The van der Waals surface area contributed by atoms with Gasteiger partial charge in [-0.05, 0) is 13.0 Å². The molecule has 0 aromatic heterocycles. The molecule has 0 bridgehead atoms. The molecule has 18 heavy (non-hydrogen) atoms. The van der Waals surface area contributed by atoms with Crippen molar-refractivity contribution < 1.29 is 4.79 Å². The number of aliphatic imine (C=N–C) groups is 2. The van der Waals surface area contributed by atoms with Crippen LogP contribution in [0.15, 0.2) is 34.3 Å². The van der Waals surface area contributed by atoms with Gasteiger partial charge in [-0.25, -0.2) is 4.99 Å². The van der Waals surface area contributed by atoms with Crippen LogP contribution in [0, 0.1) is 0 Å². The second-order valence-corrected chi connectivity index (χ2v) is 4.09. The van der Waals surface area contributed by atoms with Crippen LogP contribution in [-0.4, -0.2) is 23.6 Å². The van der Waals surface area contributed by atoms with Gasteiger partial charge in [0.2, 0.25) is 5.91 Å². The van der Waals surface area contributed by atoms with Crippen molar-refractivity contribution in [2.45, 2.75) is 26.4 Å². The molecular weight excluding hydrogens is 228 g/mol. The Labute approximate surface area is 106 Å². The van der Waals surface area contributed by atoms with Crippen molar-refractivity contribution in [3.63, 3.8) is 0 Å². The van der Waals surface area contributed by atoms with Gasteiger partial charge in [-0.1, -0.05) is 25.1 Å². The molecule has 1 aliphatic heterocycles. The van der Waals surface area contributed by atoms with Crippen molar-refractivity contribution in [1.29, 1.82) is 0 Å². The monoisotopic (exact) mass is 244 g/mol. The maximum atomic E-state index is 11.4. The number of benzene rings is 1. The summed E-state index contributed by atoms with van der Waals surface area (Å²) in [7, 11) is 0. The number of nitrogens with one attached hydrogen (secondary N) is 1. The Kier molecular flexibility index (Phi) is 3.41. The smallest absolute Gasteiger partial charge is 0.221 e. The normalized spacial score (nSPS) is 18.2. The molecule has 1 unspecified atom stereocenters. The van der Waals surface area contributed by atoms with Crippen molar-refractivity contribution in [3.8, 4) is 0 Å². The number of fused-ring (bicyclic) bond motifs is 1. The van der Waals surface area contributed by atoms with E-state index in [1.807, 2.05) is 31.2 Å². The number of carbonyl (C=O) groups is 1. The molecule has 0 fully saturated rings. The average Bonchev–Trinajstić information content (AvgIpc) is 2.48. The van der Waals surface area contributed by atoms with Crippen LogP contribution < -0.4 is 11.1 Å². The molecule has 1 atom stereocenters. The lowest BCUT2D eigenvalue weighted by molar-refractivity contribution is -0.121. The fourth-order valence-electron chi connectivity index (χ4n) is 1.77. The number of rotatable bonds is 2. The lowest BCUT2D eigenvalue weighted by Crippen LogP contribution is -2.43. The summed E-state index contributed by atoms with van der Waals surface area (Å²) < 4.78 is 0. The SMILES string of the molecule is CCC(=O)NC1N=C(C)c2ccccc2N=C1N. The molecule has 2 rings (SSSR count). The molecule has 1 heterocycles. The summed E-state index contributed by atoms with van der Waals surface area (Å²) >= 11 is 0. The predicted octanol–water partition coefficient (Wildman–Crippen LogP) is 1.35. The van der Waals surface area contributed by atoms with E-state index in [-0.39, 0.29) is 5.91 Å². The van der Waals surface area contributed by atoms with E-state index in [4.69, 9.17) is 5.73 Å². The Hall–Kier alpha value is -2.17. The highest BCUT2D eigenvalue weighted by Gasteiger charge is 2.19. The quantitative estimate of drug-likeness (QED) is 0.823. The fourth-order valence-corrected chi connectivity index (χ4v) is 1.77. The summed E-state index contributed by atoms with van der Waals surface area (Å²) in [5.74, 6) is 0.210. The van der Waals surface area contributed by atoms with Crippen LogP contribution in [0.4, 0.5) is 5.69 Å². The minimum Gasteiger partial charge on any atom is -0.384 e. The Morgan fingerprint density at radius 3 is 2.89 bits per heavy atom. The molecule has 1 aromatic carbocycles. The predicted molar refractivity (Wildman–Crippen MR) is 72.2 cm³/mol. The Balaban J connectivity index is 2.39. The Morgan fingerprint density at radius 1 is 1.44 bits per heavy atom. The van der Waals surface area contributed by atoms with Crippen LogP contribution in [0.25, 0.3) is 0 Å². The number of para-hydroxylation sites is 1. The molecule has 0 spiro atoms. The van der Waals surface area contributed by atoms with Gasteiger partial charge < -0.3 is 11.1 Å². The van der Waals surface area contributed by atoms with Gasteiger partial charge in [-0.3, -0.25) is 9.79 Å². The zero-order chi connectivity index (χ0) is 13.1. The van der Waals surface area contributed by atoms with Crippen molar-refractivity contribution in [3.05, 3.63) is 29.8 Å². The van der Waals surface area contributed by atoms with E-state index in [1.165, 1.54) is 0 Å². The van der Waals surface area contributed by atoms with Gasteiger partial charge in [0.15, 0.2) is 6.17 Å². The summed E-state index contributed by atoms with van der Waals surface area (Å²) in [6, 6.07) is 7.64. The average molecular weight is 244 g/mol. The van der Waals surface area contributed by atoms with E-state index in [9.17, 15) is 4.79 Å². The summed E-state index contributed by atoms with van der Waals surface area (Å²) in [6.45, 7) is 3.67. The number of amidine groups is 1. The van der Waals surface area contributed by atoms with Crippen LogP contribution in [0.2, 0.25) is 0 Å². The van der Waals surface area contributed by atoms with Gasteiger partial charge in [0.05, 0.1) is 5.69 Å². The lowest BCUT2D eigenvalue weighted by atomic mass is 10.1.